The molecule has 0 spiro atoms. The lowest BCUT2D eigenvalue weighted by molar-refractivity contribution is 0.0311. The molecule has 1 fully saturated rings. The van der Waals surface area contributed by atoms with Crippen LogP contribution in [0.25, 0.3) is 0 Å². The van der Waals surface area contributed by atoms with E-state index >= 15 is 0 Å². The molecule has 0 saturated carbocycles. The Hall–Kier alpha value is -0.760. The molecule has 1 saturated heterocycles. The Kier molecular flexibility index (Phi) is 6.35. The third-order valence-corrected chi connectivity index (χ3v) is 4.13. The minimum Gasteiger partial charge on any atom is -0.370 e. The van der Waals surface area contributed by atoms with Crippen LogP contribution in [0.1, 0.15) is 23.3 Å². The predicted molar refractivity (Wildman–Crippen MR) is 84.7 cm³/mol. The third kappa shape index (κ3) is 4.88. The lowest BCUT2D eigenvalue weighted by Gasteiger charge is -2.22. The fraction of sp³-hybridized carbons (Fsp3) is 0.714. The van der Waals surface area contributed by atoms with Crippen molar-refractivity contribution >= 4 is 21.7 Å². The first-order chi connectivity index (χ1) is 10.1. The topological polar surface area (TPSA) is 59.4 Å². The van der Waals surface area contributed by atoms with Crippen molar-refractivity contribution < 1.29 is 9.53 Å². The molecule has 118 valence electrons. The number of hydrogen-bond donors (Lipinski definition) is 1. The van der Waals surface area contributed by atoms with E-state index in [2.05, 4.69) is 31.2 Å². The van der Waals surface area contributed by atoms with Crippen molar-refractivity contribution in [1.82, 2.24) is 20.0 Å². The highest BCUT2D eigenvalue weighted by Crippen LogP contribution is 2.17. The molecule has 0 atom stereocenters. The fourth-order valence-electron chi connectivity index (χ4n) is 2.33. The van der Waals surface area contributed by atoms with Crippen molar-refractivity contribution in [3.05, 3.63) is 16.4 Å². The van der Waals surface area contributed by atoms with Gasteiger partial charge in [-0.05, 0) is 56.0 Å². The van der Waals surface area contributed by atoms with Gasteiger partial charge >= 0.3 is 0 Å². The quantitative estimate of drug-likeness (QED) is 0.741. The van der Waals surface area contributed by atoms with E-state index in [1.165, 1.54) is 0 Å². The highest BCUT2D eigenvalue weighted by Gasteiger charge is 2.20. The predicted octanol–water partition coefficient (Wildman–Crippen LogP) is 1.16. The zero-order valence-electron chi connectivity index (χ0n) is 12.6. The summed E-state index contributed by atoms with van der Waals surface area (Å²) in [5.74, 6) is -0.0170. The molecule has 2 heterocycles. The highest BCUT2D eigenvalue weighted by atomic mass is 79.9. The molecule has 0 aromatic carbocycles. The molecule has 21 heavy (non-hydrogen) atoms. The number of rotatable bonds is 7. The third-order valence-electron chi connectivity index (χ3n) is 3.55. The first-order valence-electron chi connectivity index (χ1n) is 7.29. The lowest BCUT2D eigenvalue weighted by atomic mass is 10.1. The highest BCUT2D eigenvalue weighted by molar-refractivity contribution is 9.10. The van der Waals surface area contributed by atoms with Crippen LogP contribution in [-0.2, 0) is 11.3 Å². The zero-order chi connectivity index (χ0) is 15.2. The summed E-state index contributed by atoms with van der Waals surface area (Å²) in [7, 11) is 4.00. The summed E-state index contributed by atoms with van der Waals surface area (Å²) in [4.78, 5) is 14.5. The van der Waals surface area contributed by atoms with E-state index in [9.17, 15) is 4.79 Å². The van der Waals surface area contributed by atoms with Crippen molar-refractivity contribution in [3.63, 3.8) is 0 Å². The molecular formula is C14H23BrN4O2. The second-order valence-electron chi connectivity index (χ2n) is 5.55. The van der Waals surface area contributed by atoms with E-state index < -0.39 is 0 Å². The van der Waals surface area contributed by atoms with Crippen molar-refractivity contribution in [2.45, 2.75) is 25.5 Å². The van der Waals surface area contributed by atoms with Crippen LogP contribution in [0.3, 0.4) is 0 Å². The molecule has 2 rings (SSSR count). The molecule has 0 unspecified atom stereocenters. The van der Waals surface area contributed by atoms with Gasteiger partial charge in [0.05, 0.1) is 23.3 Å². The Bertz CT molecular complexity index is 470. The molecule has 0 bridgehead atoms. The van der Waals surface area contributed by atoms with Crippen molar-refractivity contribution in [2.24, 2.45) is 0 Å². The van der Waals surface area contributed by atoms with Gasteiger partial charge in [0, 0.05) is 6.54 Å². The smallest absolute Gasteiger partial charge is 0.207 e. The number of carbonyl (C=O) groups excluding carboxylic acids is 1. The van der Waals surface area contributed by atoms with Crippen LogP contribution in [0.2, 0.25) is 0 Å². The lowest BCUT2D eigenvalue weighted by Crippen LogP contribution is -2.33. The Morgan fingerprint density at radius 2 is 2.24 bits per heavy atom. The first kappa shape index (κ1) is 16.6. The fourth-order valence-corrected chi connectivity index (χ4v) is 2.85. The Labute approximate surface area is 133 Å². The van der Waals surface area contributed by atoms with Crippen LogP contribution < -0.4 is 5.32 Å². The molecule has 0 radical (unpaired) electrons. The Morgan fingerprint density at radius 3 is 2.90 bits per heavy atom. The molecule has 1 N–H and O–H groups in total. The average Bonchev–Trinajstić information content (AvgIpc) is 2.85. The SMILES string of the molecule is CN(C)CCn1ncc(Br)c1C(=O)COC1CCNCC1. The minimum absolute atomic E-state index is 0.0170. The number of Topliss-reactive ketones (excluding diaryl/α,β-unsaturated/α-hetero) is 1. The van der Waals surface area contributed by atoms with Gasteiger partial charge < -0.3 is 15.0 Å². The van der Waals surface area contributed by atoms with E-state index in [-0.39, 0.29) is 18.5 Å². The largest absolute Gasteiger partial charge is 0.370 e. The molecule has 1 aliphatic heterocycles. The number of nitrogens with zero attached hydrogens (tertiary/aromatic N) is 3. The van der Waals surface area contributed by atoms with Gasteiger partial charge in [-0.15, -0.1) is 0 Å². The number of likely N-dealkylation sites (N-methyl/N-ethyl adjacent to an activating group) is 1. The van der Waals surface area contributed by atoms with Gasteiger partial charge in [-0.2, -0.15) is 5.10 Å². The van der Waals surface area contributed by atoms with Gasteiger partial charge in [-0.3, -0.25) is 9.48 Å². The van der Waals surface area contributed by atoms with Crippen LogP contribution in [0, 0.1) is 0 Å². The summed E-state index contributed by atoms with van der Waals surface area (Å²) in [5, 5.41) is 7.54. The summed E-state index contributed by atoms with van der Waals surface area (Å²) in [6.07, 6.45) is 3.79. The summed E-state index contributed by atoms with van der Waals surface area (Å²) in [6.45, 7) is 3.57. The van der Waals surface area contributed by atoms with Crippen molar-refractivity contribution in [3.8, 4) is 0 Å². The van der Waals surface area contributed by atoms with Crippen molar-refractivity contribution in [2.75, 3.05) is 40.3 Å². The number of piperidine rings is 1. The van der Waals surface area contributed by atoms with E-state index in [1.54, 1.807) is 10.9 Å². The Morgan fingerprint density at radius 1 is 1.52 bits per heavy atom. The van der Waals surface area contributed by atoms with E-state index in [0.29, 0.717) is 12.2 Å². The molecule has 1 aliphatic rings. The van der Waals surface area contributed by atoms with Gasteiger partial charge in [0.2, 0.25) is 5.78 Å². The van der Waals surface area contributed by atoms with Gasteiger partial charge in [0.25, 0.3) is 0 Å². The molecule has 1 aromatic heterocycles. The number of carbonyl (C=O) groups is 1. The van der Waals surface area contributed by atoms with E-state index in [4.69, 9.17) is 4.74 Å². The first-order valence-corrected chi connectivity index (χ1v) is 8.09. The number of aromatic nitrogens is 2. The maximum atomic E-state index is 12.4. The maximum absolute atomic E-state index is 12.4. The standard InChI is InChI=1S/C14H23BrN4O2/c1-18(2)7-8-19-14(12(15)9-17-19)13(20)10-21-11-3-5-16-6-4-11/h9,11,16H,3-8,10H2,1-2H3. The van der Waals surface area contributed by atoms with Crippen LogP contribution in [-0.4, -0.2) is 66.9 Å². The summed E-state index contributed by atoms with van der Waals surface area (Å²) < 4.78 is 8.23. The van der Waals surface area contributed by atoms with Crippen LogP contribution in [0.5, 0.6) is 0 Å². The van der Waals surface area contributed by atoms with Crippen LogP contribution >= 0.6 is 15.9 Å². The summed E-state index contributed by atoms with van der Waals surface area (Å²) >= 11 is 3.41. The number of nitrogens with one attached hydrogen (secondary N) is 1. The summed E-state index contributed by atoms with van der Waals surface area (Å²) in [5.41, 5.74) is 0.603. The van der Waals surface area contributed by atoms with Crippen molar-refractivity contribution in [1.29, 1.82) is 0 Å². The Balaban J connectivity index is 1.92. The second kappa shape index (κ2) is 8.03. The molecule has 7 heteroatoms. The van der Waals surface area contributed by atoms with Gasteiger partial charge in [0.1, 0.15) is 12.3 Å². The monoisotopic (exact) mass is 358 g/mol. The van der Waals surface area contributed by atoms with Gasteiger partial charge in [-0.1, -0.05) is 0 Å². The number of halogens is 1. The molecular weight excluding hydrogens is 336 g/mol. The second-order valence-corrected chi connectivity index (χ2v) is 6.41. The number of ether oxygens (including phenoxy) is 1. The molecule has 0 aliphatic carbocycles. The van der Waals surface area contributed by atoms with E-state index in [1.807, 2.05) is 14.1 Å². The van der Waals surface area contributed by atoms with Crippen LogP contribution in [0.15, 0.2) is 10.7 Å². The normalized spacial score (nSPS) is 16.6. The summed E-state index contributed by atoms with van der Waals surface area (Å²) in [6, 6.07) is 0. The maximum Gasteiger partial charge on any atom is 0.207 e. The van der Waals surface area contributed by atoms with Crippen LogP contribution in [0.4, 0.5) is 0 Å². The average molecular weight is 359 g/mol. The number of hydrogen-bond acceptors (Lipinski definition) is 5. The molecule has 0 amide bonds. The van der Waals surface area contributed by atoms with Gasteiger partial charge in [0.15, 0.2) is 0 Å². The zero-order valence-corrected chi connectivity index (χ0v) is 14.2. The molecule has 6 nitrogen and oxygen atoms in total. The van der Waals surface area contributed by atoms with Gasteiger partial charge in [-0.25, -0.2) is 0 Å². The minimum atomic E-state index is -0.0170. The van der Waals surface area contributed by atoms with E-state index in [0.717, 1.165) is 36.9 Å². The number of ketones is 1. The molecule has 1 aromatic rings.